The van der Waals surface area contributed by atoms with Gasteiger partial charge < -0.3 is 14.4 Å². The van der Waals surface area contributed by atoms with Gasteiger partial charge in [0.15, 0.2) is 17.2 Å². The van der Waals surface area contributed by atoms with Gasteiger partial charge in [0, 0.05) is 23.7 Å². The molecule has 1 aliphatic rings. The Balaban J connectivity index is 1.98. The van der Waals surface area contributed by atoms with Gasteiger partial charge in [0.1, 0.15) is 5.82 Å². The Bertz CT molecular complexity index is 1240. The fraction of sp³-hybridized carbons (Fsp3) is 0.407. The van der Waals surface area contributed by atoms with Crippen LogP contribution in [0.1, 0.15) is 56.2 Å². The van der Waals surface area contributed by atoms with Crippen molar-refractivity contribution in [1.29, 1.82) is 0 Å². The van der Waals surface area contributed by atoms with Gasteiger partial charge in [-0.05, 0) is 83.4 Å². The van der Waals surface area contributed by atoms with Crippen LogP contribution in [0.15, 0.2) is 36.4 Å². The van der Waals surface area contributed by atoms with Gasteiger partial charge in [-0.25, -0.2) is 9.07 Å². The Kier molecular flexibility index (Phi) is 6.14. The number of aryl methyl sites for hydroxylation is 1. The van der Waals surface area contributed by atoms with Crippen molar-refractivity contribution in [2.24, 2.45) is 0 Å². The molecule has 0 spiro atoms. The van der Waals surface area contributed by atoms with Gasteiger partial charge in [-0.15, -0.1) is 0 Å². The Morgan fingerprint density at radius 2 is 1.88 bits per heavy atom. The molecule has 0 fully saturated rings. The molecule has 0 aliphatic heterocycles. The Hall–Kier alpha value is -3.35. The van der Waals surface area contributed by atoms with Crippen molar-refractivity contribution in [3.05, 3.63) is 59.0 Å². The van der Waals surface area contributed by atoms with Crippen molar-refractivity contribution in [3.8, 4) is 28.4 Å². The molecule has 6 nitrogen and oxygen atoms in total. The first-order chi connectivity index (χ1) is 16.0. The largest absolute Gasteiger partial charge is 0.493 e. The van der Waals surface area contributed by atoms with E-state index in [9.17, 15) is 9.18 Å². The first kappa shape index (κ1) is 23.8. The van der Waals surface area contributed by atoms with Crippen LogP contribution in [0, 0.1) is 5.82 Å². The second kappa shape index (κ2) is 8.78. The third-order valence-electron chi connectivity index (χ3n) is 6.20. The van der Waals surface area contributed by atoms with Gasteiger partial charge in [0.2, 0.25) is 0 Å². The fourth-order valence-electron chi connectivity index (χ4n) is 4.19. The molecule has 1 heterocycles. The van der Waals surface area contributed by atoms with Gasteiger partial charge in [-0.1, -0.05) is 6.07 Å². The van der Waals surface area contributed by atoms with E-state index < -0.39 is 0 Å². The van der Waals surface area contributed by atoms with E-state index >= 15 is 0 Å². The van der Waals surface area contributed by atoms with E-state index in [1.54, 1.807) is 35.9 Å². The van der Waals surface area contributed by atoms with Crippen LogP contribution in [0.5, 0.6) is 11.5 Å². The van der Waals surface area contributed by atoms with Gasteiger partial charge in [-0.3, -0.25) is 4.79 Å². The minimum absolute atomic E-state index is 0.0410. The van der Waals surface area contributed by atoms with E-state index in [-0.39, 0.29) is 23.4 Å². The number of amides is 1. The second-order valence-electron chi connectivity index (χ2n) is 9.93. The molecule has 2 aromatic carbocycles. The molecule has 0 N–H and O–H groups in total. The number of fused-ring (bicyclic) bond motifs is 3. The van der Waals surface area contributed by atoms with Gasteiger partial charge >= 0.3 is 0 Å². The second-order valence-corrected chi connectivity index (χ2v) is 9.93. The lowest BCUT2D eigenvalue weighted by molar-refractivity contribution is 0.0648. The van der Waals surface area contributed by atoms with Crippen molar-refractivity contribution in [2.75, 3.05) is 14.2 Å². The number of aromatic nitrogens is 2. The first-order valence-electron chi connectivity index (χ1n) is 11.5. The molecule has 0 atom stereocenters. The molecule has 3 aromatic rings. The van der Waals surface area contributed by atoms with Crippen molar-refractivity contribution in [1.82, 2.24) is 14.7 Å². The summed E-state index contributed by atoms with van der Waals surface area (Å²) in [5.41, 5.74) is 4.21. The molecule has 180 valence electrons. The van der Waals surface area contributed by atoms with Crippen molar-refractivity contribution in [2.45, 2.75) is 59.1 Å². The molecule has 7 heteroatoms. The first-order valence-corrected chi connectivity index (χ1v) is 11.5. The average molecular weight is 466 g/mol. The fourth-order valence-corrected chi connectivity index (χ4v) is 4.19. The lowest BCUT2D eigenvalue weighted by Crippen LogP contribution is -2.43. The molecular formula is C27H32FN3O3. The summed E-state index contributed by atoms with van der Waals surface area (Å²) in [4.78, 5) is 15.2. The molecule has 0 saturated heterocycles. The normalized spacial score (nSPS) is 12.9. The number of rotatable bonds is 5. The number of hydrogen-bond acceptors (Lipinski definition) is 4. The summed E-state index contributed by atoms with van der Waals surface area (Å²) in [6.07, 6.45) is 1.33. The minimum Gasteiger partial charge on any atom is -0.493 e. The number of carbonyl (C=O) groups is 1. The summed E-state index contributed by atoms with van der Waals surface area (Å²) < 4.78 is 27.5. The van der Waals surface area contributed by atoms with Crippen LogP contribution in [0.2, 0.25) is 0 Å². The van der Waals surface area contributed by atoms with Crippen molar-refractivity contribution >= 4 is 5.91 Å². The molecule has 0 radical (unpaired) electrons. The molecule has 4 rings (SSSR count). The lowest BCUT2D eigenvalue weighted by atomic mass is 9.88. The maximum Gasteiger partial charge on any atom is 0.274 e. The molecule has 0 unspecified atom stereocenters. The third kappa shape index (κ3) is 4.27. The van der Waals surface area contributed by atoms with Crippen LogP contribution in [-0.4, -0.2) is 46.4 Å². The van der Waals surface area contributed by atoms with Crippen LogP contribution < -0.4 is 9.47 Å². The van der Waals surface area contributed by atoms with Crippen LogP contribution >= 0.6 is 0 Å². The standard InChI is InChI=1S/C27H32FN3O3/c1-16(2)34-23-15-21-17(13-22(23)33-7)11-12-20-24(26(32)30(6)27(3,4)5)29-31(25(20)21)19-10-8-9-18(28)14-19/h8-10,13-16H,11-12H2,1-7H3. The summed E-state index contributed by atoms with van der Waals surface area (Å²) in [5, 5.41) is 4.76. The highest BCUT2D eigenvalue weighted by Crippen LogP contribution is 2.43. The smallest absolute Gasteiger partial charge is 0.274 e. The van der Waals surface area contributed by atoms with Crippen LogP contribution in [-0.2, 0) is 12.8 Å². The zero-order chi connectivity index (χ0) is 24.8. The lowest BCUT2D eigenvalue weighted by Gasteiger charge is -2.31. The topological polar surface area (TPSA) is 56.6 Å². The van der Waals surface area contributed by atoms with Gasteiger partial charge in [0.05, 0.1) is 24.6 Å². The highest BCUT2D eigenvalue weighted by atomic mass is 19.1. The Labute approximate surface area is 200 Å². The zero-order valence-electron chi connectivity index (χ0n) is 20.9. The number of benzene rings is 2. The molecule has 34 heavy (non-hydrogen) atoms. The summed E-state index contributed by atoms with van der Waals surface area (Å²) in [6, 6.07) is 10.2. The van der Waals surface area contributed by atoms with Crippen LogP contribution in [0.3, 0.4) is 0 Å². The molecule has 1 aromatic heterocycles. The maximum absolute atomic E-state index is 14.2. The SMILES string of the molecule is COc1cc2c(cc1OC(C)C)-c1c(c(C(=O)N(C)C(C)(C)C)nn1-c1cccc(F)c1)CC2. The summed E-state index contributed by atoms with van der Waals surface area (Å²) in [7, 11) is 3.41. The van der Waals surface area contributed by atoms with Gasteiger partial charge in [0.25, 0.3) is 5.91 Å². The van der Waals surface area contributed by atoms with Crippen LogP contribution in [0.25, 0.3) is 16.9 Å². The monoisotopic (exact) mass is 465 g/mol. The van der Waals surface area contributed by atoms with E-state index in [2.05, 4.69) is 0 Å². The number of halogens is 1. The number of carbonyl (C=O) groups excluding carboxylic acids is 1. The number of methoxy groups -OCH3 is 1. The number of nitrogens with zero attached hydrogens (tertiary/aromatic N) is 3. The summed E-state index contributed by atoms with van der Waals surface area (Å²) >= 11 is 0. The molecule has 1 aliphatic carbocycles. The summed E-state index contributed by atoms with van der Waals surface area (Å²) in [5.74, 6) is 0.762. The number of ether oxygens (including phenoxy) is 2. The maximum atomic E-state index is 14.2. The summed E-state index contributed by atoms with van der Waals surface area (Å²) in [6.45, 7) is 9.87. The van der Waals surface area contributed by atoms with Crippen molar-refractivity contribution < 1.29 is 18.7 Å². The van der Waals surface area contributed by atoms with E-state index in [1.807, 2.05) is 46.8 Å². The van der Waals surface area contributed by atoms with E-state index in [1.165, 1.54) is 12.1 Å². The average Bonchev–Trinajstić information content (AvgIpc) is 3.16. The van der Waals surface area contributed by atoms with E-state index in [0.717, 1.165) is 28.8 Å². The Morgan fingerprint density at radius 3 is 2.50 bits per heavy atom. The predicted octanol–water partition coefficient (Wildman–Crippen LogP) is 5.44. The minimum atomic E-state index is -0.370. The third-order valence-corrected chi connectivity index (χ3v) is 6.20. The highest BCUT2D eigenvalue weighted by molar-refractivity contribution is 5.97. The quantitative estimate of drug-likeness (QED) is 0.503. The number of hydrogen-bond donors (Lipinski definition) is 0. The Morgan fingerprint density at radius 1 is 1.15 bits per heavy atom. The predicted molar refractivity (Wildman–Crippen MR) is 131 cm³/mol. The molecule has 0 saturated carbocycles. The molecule has 0 bridgehead atoms. The van der Waals surface area contributed by atoms with Gasteiger partial charge in [-0.2, -0.15) is 5.10 Å². The highest BCUT2D eigenvalue weighted by Gasteiger charge is 2.33. The molecular weight excluding hydrogens is 433 g/mol. The van der Waals surface area contributed by atoms with Crippen LogP contribution in [0.4, 0.5) is 4.39 Å². The van der Waals surface area contributed by atoms with E-state index in [0.29, 0.717) is 29.3 Å². The van der Waals surface area contributed by atoms with E-state index in [4.69, 9.17) is 14.6 Å². The zero-order valence-corrected chi connectivity index (χ0v) is 20.9. The van der Waals surface area contributed by atoms with Crippen molar-refractivity contribution in [3.63, 3.8) is 0 Å². The molecule has 1 amide bonds.